The summed E-state index contributed by atoms with van der Waals surface area (Å²) in [4.78, 5) is 15.3. The van der Waals surface area contributed by atoms with Crippen molar-refractivity contribution >= 4 is 17.7 Å². The summed E-state index contributed by atoms with van der Waals surface area (Å²) in [5.41, 5.74) is 0.249. The molecule has 5 nitrogen and oxygen atoms in total. The molecule has 1 unspecified atom stereocenters. The average Bonchev–Trinajstić information content (AvgIpc) is 2.48. The van der Waals surface area contributed by atoms with Crippen molar-refractivity contribution in [3.05, 3.63) is 23.9 Å². The summed E-state index contributed by atoms with van der Waals surface area (Å²) in [5, 5.41) is 10.2. The lowest BCUT2D eigenvalue weighted by Crippen LogP contribution is -2.45. The van der Waals surface area contributed by atoms with Gasteiger partial charge in [-0.2, -0.15) is 0 Å². The molecule has 1 aromatic rings. The standard InChI is InChI=1S/C15H19NO4S/c17-14(18)11-1-5-16-13(9-11)21-12-2-6-20-15(10-12)3-7-19-8-4-15/h1,5,9,12H,2-4,6-8,10H2,(H,17,18). The number of hydrogen-bond donors (Lipinski definition) is 1. The van der Waals surface area contributed by atoms with Crippen LogP contribution in [0.4, 0.5) is 0 Å². The Hall–Kier alpha value is -1.11. The van der Waals surface area contributed by atoms with Gasteiger partial charge in [0.2, 0.25) is 0 Å². The van der Waals surface area contributed by atoms with Crippen LogP contribution in [0.5, 0.6) is 0 Å². The van der Waals surface area contributed by atoms with Gasteiger partial charge in [0.1, 0.15) is 0 Å². The molecule has 6 heteroatoms. The first-order chi connectivity index (χ1) is 10.2. The number of nitrogens with zero attached hydrogens (tertiary/aromatic N) is 1. The van der Waals surface area contributed by atoms with Gasteiger partial charge in [0.25, 0.3) is 0 Å². The number of carboxylic acid groups (broad SMARTS) is 1. The lowest BCUT2D eigenvalue weighted by molar-refractivity contribution is -0.131. The van der Waals surface area contributed by atoms with Crippen molar-refractivity contribution < 1.29 is 19.4 Å². The molecule has 2 aliphatic rings. The van der Waals surface area contributed by atoms with Crippen LogP contribution in [0.2, 0.25) is 0 Å². The van der Waals surface area contributed by atoms with Gasteiger partial charge in [0.15, 0.2) is 0 Å². The fourth-order valence-corrected chi connectivity index (χ4v) is 4.21. The fourth-order valence-electron chi connectivity index (χ4n) is 2.95. The van der Waals surface area contributed by atoms with E-state index in [2.05, 4.69) is 4.98 Å². The van der Waals surface area contributed by atoms with Gasteiger partial charge in [0, 0.05) is 31.3 Å². The van der Waals surface area contributed by atoms with Crippen LogP contribution in [-0.4, -0.2) is 46.7 Å². The van der Waals surface area contributed by atoms with Crippen LogP contribution in [0.1, 0.15) is 36.0 Å². The first-order valence-corrected chi connectivity index (χ1v) is 8.13. The molecule has 0 saturated carbocycles. The molecule has 114 valence electrons. The number of hydrogen-bond acceptors (Lipinski definition) is 5. The van der Waals surface area contributed by atoms with Crippen molar-refractivity contribution in [2.75, 3.05) is 19.8 Å². The third kappa shape index (κ3) is 3.56. The molecule has 21 heavy (non-hydrogen) atoms. The van der Waals surface area contributed by atoms with Gasteiger partial charge in [0.05, 0.1) is 16.2 Å². The summed E-state index contributed by atoms with van der Waals surface area (Å²) in [6.45, 7) is 2.30. The van der Waals surface area contributed by atoms with Gasteiger partial charge < -0.3 is 14.6 Å². The molecule has 2 aliphatic heterocycles. The summed E-state index contributed by atoms with van der Waals surface area (Å²) < 4.78 is 11.5. The molecule has 3 heterocycles. The maximum atomic E-state index is 11.0. The minimum Gasteiger partial charge on any atom is -0.478 e. The second-order valence-corrected chi connectivity index (χ2v) is 6.89. The van der Waals surface area contributed by atoms with Crippen LogP contribution in [0.3, 0.4) is 0 Å². The summed E-state index contributed by atoms with van der Waals surface area (Å²) in [7, 11) is 0. The van der Waals surface area contributed by atoms with Gasteiger partial charge in [-0.05, 0) is 37.8 Å². The van der Waals surface area contributed by atoms with Crippen molar-refractivity contribution in [3.63, 3.8) is 0 Å². The van der Waals surface area contributed by atoms with E-state index in [-0.39, 0.29) is 5.60 Å². The van der Waals surface area contributed by atoms with E-state index in [9.17, 15) is 4.79 Å². The second-order valence-electron chi connectivity index (χ2n) is 5.56. The minimum absolute atomic E-state index is 0.0431. The molecule has 1 spiro atoms. The highest BCUT2D eigenvalue weighted by atomic mass is 32.2. The summed E-state index contributed by atoms with van der Waals surface area (Å²) in [5.74, 6) is -0.910. The normalized spacial score (nSPS) is 24.9. The van der Waals surface area contributed by atoms with Crippen LogP contribution in [0, 0.1) is 0 Å². The zero-order valence-corrected chi connectivity index (χ0v) is 12.6. The van der Waals surface area contributed by atoms with E-state index in [0.717, 1.165) is 50.5 Å². The van der Waals surface area contributed by atoms with Crippen molar-refractivity contribution in [1.29, 1.82) is 0 Å². The highest BCUT2D eigenvalue weighted by molar-refractivity contribution is 7.99. The Bertz CT molecular complexity index is 511. The molecule has 0 bridgehead atoms. The van der Waals surface area contributed by atoms with Crippen molar-refractivity contribution in [2.24, 2.45) is 0 Å². The van der Waals surface area contributed by atoms with Gasteiger partial charge >= 0.3 is 5.97 Å². The smallest absolute Gasteiger partial charge is 0.335 e. The number of pyridine rings is 1. The van der Waals surface area contributed by atoms with E-state index in [0.29, 0.717) is 10.8 Å². The Morgan fingerprint density at radius 2 is 2.19 bits per heavy atom. The average molecular weight is 309 g/mol. The second kappa shape index (κ2) is 6.34. The molecule has 0 radical (unpaired) electrons. The molecular weight excluding hydrogens is 290 g/mol. The van der Waals surface area contributed by atoms with E-state index >= 15 is 0 Å². The van der Waals surface area contributed by atoms with E-state index < -0.39 is 5.97 Å². The molecule has 0 amide bonds. The van der Waals surface area contributed by atoms with E-state index in [1.807, 2.05) is 0 Å². The predicted octanol–water partition coefficient (Wildman–Crippen LogP) is 2.60. The van der Waals surface area contributed by atoms with Crippen molar-refractivity contribution in [3.8, 4) is 0 Å². The molecular formula is C15H19NO4S. The first kappa shape index (κ1) is 14.8. The largest absolute Gasteiger partial charge is 0.478 e. The summed E-state index contributed by atoms with van der Waals surface area (Å²) >= 11 is 1.67. The summed E-state index contributed by atoms with van der Waals surface area (Å²) in [6, 6.07) is 3.18. The Kier molecular flexibility index (Phi) is 4.47. The van der Waals surface area contributed by atoms with E-state index in [1.165, 1.54) is 6.07 Å². The fraction of sp³-hybridized carbons (Fsp3) is 0.600. The summed E-state index contributed by atoms with van der Waals surface area (Å²) in [6.07, 6.45) is 5.43. The van der Waals surface area contributed by atoms with E-state index in [1.54, 1.807) is 24.0 Å². The highest BCUT2D eigenvalue weighted by Gasteiger charge is 2.39. The number of aromatic nitrogens is 1. The quantitative estimate of drug-likeness (QED) is 0.925. The van der Waals surface area contributed by atoms with Crippen LogP contribution in [0.15, 0.2) is 23.4 Å². The molecule has 1 N–H and O–H groups in total. The number of ether oxygens (including phenoxy) is 2. The number of carbonyl (C=O) groups is 1. The SMILES string of the molecule is O=C(O)c1ccnc(SC2CCOC3(CCOCC3)C2)c1. The number of aromatic carboxylic acids is 1. The lowest BCUT2D eigenvalue weighted by Gasteiger charge is -2.43. The van der Waals surface area contributed by atoms with Crippen LogP contribution >= 0.6 is 11.8 Å². The highest BCUT2D eigenvalue weighted by Crippen LogP contribution is 2.40. The molecule has 0 aromatic carbocycles. The Labute approximate surface area is 128 Å². The van der Waals surface area contributed by atoms with Crippen molar-refractivity contribution in [2.45, 2.75) is 41.6 Å². The topological polar surface area (TPSA) is 68.7 Å². The monoisotopic (exact) mass is 309 g/mol. The Morgan fingerprint density at radius 1 is 1.38 bits per heavy atom. The van der Waals surface area contributed by atoms with Gasteiger partial charge in [-0.25, -0.2) is 9.78 Å². The Balaban J connectivity index is 1.67. The number of thioether (sulfide) groups is 1. The van der Waals surface area contributed by atoms with Crippen LogP contribution < -0.4 is 0 Å². The van der Waals surface area contributed by atoms with E-state index in [4.69, 9.17) is 14.6 Å². The van der Waals surface area contributed by atoms with Gasteiger partial charge in [-0.1, -0.05) is 0 Å². The molecule has 1 atom stereocenters. The van der Waals surface area contributed by atoms with Crippen LogP contribution in [-0.2, 0) is 9.47 Å². The van der Waals surface area contributed by atoms with Crippen LogP contribution in [0.25, 0.3) is 0 Å². The minimum atomic E-state index is -0.910. The number of rotatable bonds is 3. The first-order valence-electron chi connectivity index (χ1n) is 7.25. The van der Waals surface area contributed by atoms with Crippen molar-refractivity contribution in [1.82, 2.24) is 4.98 Å². The zero-order chi connectivity index (χ0) is 14.7. The lowest BCUT2D eigenvalue weighted by atomic mass is 9.86. The molecule has 0 aliphatic carbocycles. The predicted molar refractivity (Wildman–Crippen MR) is 78.8 cm³/mol. The van der Waals surface area contributed by atoms with Gasteiger partial charge in [-0.3, -0.25) is 0 Å². The Morgan fingerprint density at radius 3 is 2.95 bits per heavy atom. The molecule has 2 fully saturated rings. The third-order valence-corrected chi connectivity index (χ3v) is 5.32. The number of carboxylic acids is 1. The van der Waals surface area contributed by atoms with Gasteiger partial charge in [-0.15, -0.1) is 11.8 Å². The maximum Gasteiger partial charge on any atom is 0.335 e. The maximum absolute atomic E-state index is 11.0. The molecule has 1 aromatic heterocycles. The third-order valence-electron chi connectivity index (χ3n) is 4.12. The molecule has 3 rings (SSSR count). The zero-order valence-electron chi connectivity index (χ0n) is 11.8. The molecule has 2 saturated heterocycles.